The molecule has 3 fully saturated rings. The highest BCUT2D eigenvalue weighted by Crippen LogP contribution is 2.29. The fourth-order valence-corrected chi connectivity index (χ4v) is 4.18. The number of nitrogens with one attached hydrogen (secondary N) is 1. The van der Waals surface area contributed by atoms with Crippen LogP contribution in [0.15, 0.2) is 18.3 Å². The molecule has 27 heavy (non-hydrogen) atoms. The van der Waals surface area contributed by atoms with Crippen molar-refractivity contribution in [1.29, 1.82) is 5.26 Å². The first-order chi connectivity index (χ1) is 13.2. The zero-order chi connectivity index (χ0) is 18.6. The molecule has 1 saturated carbocycles. The van der Waals surface area contributed by atoms with Crippen molar-refractivity contribution in [3.63, 3.8) is 0 Å². The number of anilines is 1. The highest BCUT2D eigenvalue weighted by atomic mass is 16.2. The molecule has 2 saturated heterocycles. The van der Waals surface area contributed by atoms with E-state index in [0.29, 0.717) is 24.7 Å². The van der Waals surface area contributed by atoms with Gasteiger partial charge in [0.1, 0.15) is 11.9 Å². The lowest BCUT2D eigenvalue weighted by Gasteiger charge is -2.33. The van der Waals surface area contributed by atoms with E-state index in [0.717, 1.165) is 57.3 Å². The zero-order valence-corrected chi connectivity index (χ0v) is 15.8. The third-order valence-corrected chi connectivity index (χ3v) is 5.91. The van der Waals surface area contributed by atoms with E-state index in [9.17, 15) is 10.1 Å². The van der Waals surface area contributed by atoms with E-state index in [-0.39, 0.29) is 6.03 Å². The molecule has 1 aromatic rings. The first-order valence-corrected chi connectivity index (χ1v) is 10.1. The third-order valence-electron chi connectivity index (χ3n) is 5.91. The molecule has 144 valence electrons. The Bertz CT molecular complexity index is 705. The number of nitrogens with zero attached hydrogens (tertiary/aromatic N) is 5. The number of likely N-dealkylation sites (tertiary alicyclic amines) is 1. The van der Waals surface area contributed by atoms with Gasteiger partial charge in [-0.25, -0.2) is 9.78 Å². The van der Waals surface area contributed by atoms with Crippen molar-refractivity contribution in [2.75, 3.05) is 44.2 Å². The van der Waals surface area contributed by atoms with Crippen LogP contribution in [0.3, 0.4) is 0 Å². The van der Waals surface area contributed by atoms with Crippen LogP contribution in [0.2, 0.25) is 0 Å². The molecule has 0 aromatic carbocycles. The number of urea groups is 1. The van der Waals surface area contributed by atoms with Crippen molar-refractivity contribution in [2.24, 2.45) is 0 Å². The van der Waals surface area contributed by atoms with Crippen molar-refractivity contribution in [1.82, 2.24) is 20.1 Å². The first-order valence-electron chi connectivity index (χ1n) is 10.1. The number of rotatable bonds is 3. The highest BCUT2D eigenvalue weighted by molar-refractivity contribution is 5.74. The predicted octanol–water partition coefficient (Wildman–Crippen LogP) is 1.80. The number of carbonyl (C=O) groups is 1. The monoisotopic (exact) mass is 368 g/mol. The van der Waals surface area contributed by atoms with Crippen LogP contribution in [0.4, 0.5) is 10.6 Å². The van der Waals surface area contributed by atoms with Crippen LogP contribution in [-0.2, 0) is 0 Å². The molecule has 2 amide bonds. The van der Waals surface area contributed by atoms with Crippen LogP contribution in [0.25, 0.3) is 0 Å². The maximum Gasteiger partial charge on any atom is 0.317 e. The summed E-state index contributed by atoms with van der Waals surface area (Å²) in [5.74, 6) is 0.731. The quantitative estimate of drug-likeness (QED) is 0.881. The maximum atomic E-state index is 12.7. The average molecular weight is 368 g/mol. The van der Waals surface area contributed by atoms with Crippen LogP contribution in [0.1, 0.15) is 37.7 Å². The summed E-state index contributed by atoms with van der Waals surface area (Å²) in [5, 5.41) is 12.6. The van der Waals surface area contributed by atoms with E-state index < -0.39 is 0 Å². The lowest BCUT2D eigenvalue weighted by Crippen LogP contribution is -2.50. The van der Waals surface area contributed by atoms with E-state index in [1.54, 1.807) is 18.3 Å². The van der Waals surface area contributed by atoms with Gasteiger partial charge in [-0.3, -0.25) is 0 Å². The van der Waals surface area contributed by atoms with Crippen LogP contribution >= 0.6 is 0 Å². The highest BCUT2D eigenvalue weighted by Gasteiger charge is 2.32. The molecule has 7 nitrogen and oxygen atoms in total. The van der Waals surface area contributed by atoms with Crippen LogP contribution in [-0.4, -0.2) is 72.2 Å². The molecule has 7 heteroatoms. The molecular formula is C20H28N6O. The van der Waals surface area contributed by atoms with Gasteiger partial charge in [0.15, 0.2) is 0 Å². The molecule has 0 radical (unpaired) electrons. The van der Waals surface area contributed by atoms with Crippen LogP contribution < -0.4 is 10.2 Å². The minimum atomic E-state index is 0.0586. The molecule has 1 aliphatic carbocycles. The summed E-state index contributed by atoms with van der Waals surface area (Å²) in [6.45, 7) is 5.15. The second-order valence-electron chi connectivity index (χ2n) is 7.80. The number of aromatic nitrogens is 1. The SMILES string of the molecule is N#Cc1cccnc1N1CCCN(C(=O)NC2CCN(C3CC3)CC2)CC1. The van der Waals surface area contributed by atoms with E-state index in [1.807, 2.05) is 4.90 Å². The van der Waals surface area contributed by atoms with Gasteiger partial charge in [0.2, 0.25) is 0 Å². The number of hydrogen-bond donors (Lipinski definition) is 1. The van der Waals surface area contributed by atoms with E-state index >= 15 is 0 Å². The van der Waals surface area contributed by atoms with E-state index in [2.05, 4.69) is 26.2 Å². The molecule has 0 bridgehead atoms. The summed E-state index contributed by atoms with van der Waals surface area (Å²) in [6.07, 6.45) is 7.42. The van der Waals surface area contributed by atoms with Crippen LogP contribution in [0, 0.1) is 11.3 Å². The summed E-state index contributed by atoms with van der Waals surface area (Å²) < 4.78 is 0. The van der Waals surface area contributed by atoms with Crippen molar-refractivity contribution < 1.29 is 4.79 Å². The molecule has 1 aromatic heterocycles. The Balaban J connectivity index is 1.29. The molecule has 3 aliphatic rings. The fourth-order valence-electron chi connectivity index (χ4n) is 4.18. The standard InChI is InChI=1S/C20H28N6O/c21-15-16-3-1-8-22-19(16)25-9-2-10-26(14-13-25)20(27)23-17-6-11-24(12-7-17)18-4-5-18/h1,3,8,17-18H,2,4-7,9-14H2,(H,23,27). The normalized spacial score (nSPS) is 22.2. The van der Waals surface area contributed by atoms with Gasteiger partial charge in [0, 0.05) is 57.5 Å². The van der Waals surface area contributed by atoms with Crippen molar-refractivity contribution in [3.05, 3.63) is 23.9 Å². The van der Waals surface area contributed by atoms with Gasteiger partial charge in [-0.1, -0.05) is 0 Å². The Hall–Kier alpha value is -2.33. The number of pyridine rings is 1. The molecule has 4 rings (SSSR count). The first kappa shape index (κ1) is 18.1. The molecule has 0 spiro atoms. The Morgan fingerprint density at radius 3 is 2.67 bits per heavy atom. The molecular weight excluding hydrogens is 340 g/mol. The molecule has 3 heterocycles. The zero-order valence-electron chi connectivity index (χ0n) is 15.8. The third kappa shape index (κ3) is 4.33. The number of nitriles is 1. The van der Waals surface area contributed by atoms with Gasteiger partial charge in [-0.2, -0.15) is 5.26 Å². The lowest BCUT2D eigenvalue weighted by molar-refractivity contribution is 0.170. The smallest absolute Gasteiger partial charge is 0.317 e. The number of carbonyl (C=O) groups excluding carboxylic acids is 1. The number of hydrogen-bond acceptors (Lipinski definition) is 5. The van der Waals surface area contributed by atoms with Gasteiger partial charge in [-0.05, 0) is 44.2 Å². The predicted molar refractivity (Wildman–Crippen MR) is 104 cm³/mol. The Morgan fingerprint density at radius 2 is 1.93 bits per heavy atom. The Morgan fingerprint density at radius 1 is 1.11 bits per heavy atom. The molecule has 0 atom stereocenters. The second kappa shape index (κ2) is 8.13. The Labute approximate surface area is 160 Å². The molecule has 0 unspecified atom stereocenters. The van der Waals surface area contributed by atoms with Gasteiger partial charge in [0.05, 0.1) is 5.56 Å². The largest absolute Gasteiger partial charge is 0.354 e. The van der Waals surface area contributed by atoms with Gasteiger partial charge in [0.25, 0.3) is 0 Å². The topological polar surface area (TPSA) is 75.5 Å². The summed E-state index contributed by atoms with van der Waals surface area (Å²) in [4.78, 5) is 23.7. The average Bonchev–Trinajstić information content (AvgIpc) is 3.55. The van der Waals surface area contributed by atoms with E-state index in [4.69, 9.17) is 0 Å². The number of piperidine rings is 1. The Kier molecular flexibility index (Phi) is 5.44. The molecule has 1 N–H and O–H groups in total. The maximum absolute atomic E-state index is 12.7. The van der Waals surface area contributed by atoms with E-state index in [1.165, 1.54) is 12.8 Å². The summed E-state index contributed by atoms with van der Waals surface area (Å²) in [7, 11) is 0. The fraction of sp³-hybridized carbons (Fsp3) is 0.650. The van der Waals surface area contributed by atoms with Crippen molar-refractivity contribution >= 4 is 11.8 Å². The van der Waals surface area contributed by atoms with Crippen molar-refractivity contribution in [2.45, 2.75) is 44.2 Å². The number of amides is 2. The van der Waals surface area contributed by atoms with Crippen LogP contribution in [0.5, 0.6) is 0 Å². The van der Waals surface area contributed by atoms with Crippen molar-refractivity contribution in [3.8, 4) is 6.07 Å². The molecule has 2 aliphatic heterocycles. The van der Waals surface area contributed by atoms with Gasteiger partial charge >= 0.3 is 6.03 Å². The minimum absolute atomic E-state index is 0.0586. The summed E-state index contributed by atoms with van der Waals surface area (Å²) >= 11 is 0. The summed E-state index contributed by atoms with van der Waals surface area (Å²) in [6, 6.07) is 6.98. The van der Waals surface area contributed by atoms with Gasteiger partial charge < -0.3 is 20.0 Å². The van der Waals surface area contributed by atoms with Gasteiger partial charge in [-0.15, -0.1) is 0 Å². The lowest BCUT2D eigenvalue weighted by atomic mass is 10.1. The minimum Gasteiger partial charge on any atom is -0.354 e. The second-order valence-corrected chi connectivity index (χ2v) is 7.80. The summed E-state index contributed by atoms with van der Waals surface area (Å²) in [5.41, 5.74) is 0.595.